The monoisotopic (exact) mass is 632 g/mol. The average molecular weight is 633 g/mol. The molecule has 2 unspecified atom stereocenters. The summed E-state index contributed by atoms with van der Waals surface area (Å²) in [6.07, 6.45) is 6.05. The van der Waals surface area contributed by atoms with Gasteiger partial charge in [-0.2, -0.15) is 0 Å². The van der Waals surface area contributed by atoms with Crippen LogP contribution in [0.2, 0.25) is 0 Å². The minimum atomic E-state index is -0.707. The third kappa shape index (κ3) is 22.7. The predicted octanol–water partition coefficient (Wildman–Crippen LogP) is 9.32. The normalized spacial score (nSPS) is 11.6. The molecule has 2 amide bonds. The van der Waals surface area contributed by atoms with E-state index in [1.807, 2.05) is 58.9 Å². The van der Waals surface area contributed by atoms with Crippen molar-refractivity contribution in [1.82, 2.24) is 5.32 Å². The van der Waals surface area contributed by atoms with Gasteiger partial charge in [0.25, 0.3) is 0 Å². The lowest BCUT2D eigenvalue weighted by Crippen LogP contribution is -2.33. The summed E-state index contributed by atoms with van der Waals surface area (Å²) in [5, 5.41) is 2.61. The Balaban J connectivity index is 0. The van der Waals surface area contributed by atoms with Crippen molar-refractivity contribution in [3.8, 4) is 11.1 Å². The molecular formula is C37H61FN2O5. The van der Waals surface area contributed by atoms with Gasteiger partial charge in [-0.05, 0) is 68.7 Å². The van der Waals surface area contributed by atoms with E-state index < -0.39 is 11.7 Å². The van der Waals surface area contributed by atoms with Gasteiger partial charge in [-0.15, -0.1) is 0 Å². The Morgan fingerprint density at radius 2 is 1.56 bits per heavy atom. The number of carbonyl (C=O) groups is 3. The number of esters is 1. The molecule has 7 nitrogen and oxygen atoms in total. The molecule has 0 saturated heterocycles. The van der Waals surface area contributed by atoms with Crippen LogP contribution in [0.5, 0.6) is 0 Å². The van der Waals surface area contributed by atoms with E-state index in [9.17, 15) is 18.8 Å². The van der Waals surface area contributed by atoms with Crippen molar-refractivity contribution in [2.75, 3.05) is 6.54 Å². The lowest BCUT2D eigenvalue weighted by Gasteiger charge is -2.21. The van der Waals surface area contributed by atoms with Crippen LogP contribution in [0, 0.1) is 18.7 Å². The summed E-state index contributed by atoms with van der Waals surface area (Å²) in [6, 6.07) is 13.4. The number of ether oxygens (including phenoxy) is 2. The highest BCUT2D eigenvalue weighted by atomic mass is 19.1. The van der Waals surface area contributed by atoms with E-state index in [2.05, 4.69) is 45.1 Å². The maximum absolute atomic E-state index is 13.7. The van der Waals surface area contributed by atoms with Crippen LogP contribution in [0.25, 0.3) is 11.1 Å². The van der Waals surface area contributed by atoms with Crippen molar-refractivity contribution in [3.63, 3.8) is 0 Å². The number of nitrogens with two attached hydrogens (primary N) is 1. The molecule has 2 aromatic rings. The summed E-state index contributed by atoms with van der Waals surface area (Å²) in [7, 11) is 0. The standard InChI is InChI=1S/C15H15F.C9H17NO3.C7H16.C6H13NO2/c1-3-12-5-7-13(8-6-12)14-9-4-11(2)10-15(14)16;1-4-8(6-10-7(3)11)13-9(12)5-2;1-4-6-7(3)5-2;1-4-6(2,3)9-5(7)8/h4-10H,3H2,1-2H3;8H,4-6H2,1-3H3,(H,10,11);7H,4-6H2,1-3H3;4H2,1-3H3,(H2,7,8). The van der Waals surface area contributed by atoms with Gasteiger partial charge in [0.1, 0.15) is 17.5 Å². The topological polar surface area (TPSA) is 108 Å². The Labute approximate surface area is 272 Å². The maximum Gasteiger partial charge on any atom is 0.405 e. The second-order valence-electron chi connectivity index (χ2n) is 11.7. The molecule has 0 heterocycles. The summed E-state index contributed by atoms with van der Waals surface area (Å²) in [4.78, 5) is 31.6. The summed E-state index contributed by atoms with van der Waals surface area (Å²) in [5.41, 5.74) is 8.22. The quantitative estimate of drug-likeness (QED) is 0.227. The van der Waals surface area contributed by atoms with Gasteiger partial charge in [-0.3, -0.25) is 9.59 Å². The van der Waals surface area contributed by atoms with Crippen molar-refractivity contribution in [2.24, 2.45) is 11.7 Å². The van der Waals surface area contributed by atoms with Crippen molar-refractivity contribution in [3.05, 3.63) is 59.4 Å². The average Bonchev–Trinajstić information content (AvgIpc) is 2.99. The van der Waals surface area contributed by atoms with Crippen molar-refractivity contribution >= 4 is 18.0 Å². The largest absolute Gasteiger partial charge is 0.461 e. The van der Waals surface area contributed by atoms with E-state index in [0.29, 0.717) is 24.9 Å². The van der Waals surface area contributed by atoms with Crippen LogP contribution in [0.1, 0.15) is 119 Å². The van der Waals surface area contributed by atoms with E-state index in [0.717, 1.165) is 29.9 Å². The molecule has 0 aliphatic carbocycles. The molecule has 45 heavy (non-hydrogen) atoms. The fourth-order valence-electron chi connectivity index (χ4n) is 3.61. The highest BCUT2D eigenvalue weighted by molar-refractivity contribution is 5.73. The van der Waals surface area contributed by atoms with Crippen molar-refractivity contribution in [2.45, 2.75) is 133 Å². The van der Waals surface area contributed by atoms with Gasteiger partial charge in [0.15, 0.2) is 0 Å². The van der Waals surface area contributed by atoms with Gasteiger partial charge in [-0.25, -0.2) is 9.18 Å². The second-order valence-corrected chi connectivity index (χ2v) is 11.7. The Bertz CT molecular complexity index is 1100. The Kier molecular flexibility index (Phi) is 24.1. The summed E-state index contributed by atoms with van der Waals surface area (Å²) in [6.45, 7) is 21.9. The van der Waals surface area contributed by atoms with E-state index in [4.69, 9.17) is 15.2 Å². The van der Waals surface area contributed by atoms with Crippen LogP contribution < -0.4 is 11.1 Å². The number of carbonyl (C=O) groups excluding carboxylic acids is 3. The predicted molar refractivity (Wildman–Crippen MR) is 184 cm³/mol. The Morgan fingerprint density at radius 1 is 0.956 bits per heavy atom. The molecule has 0 aliphatic rings. The summed E-state index contributed by atoms with van der Waals surface area (Å²) < 4.78 is 23.5. The fourth-order valence-corrected chi connectivity index (χ4v) is 3.61. The first kappa shape index (κ1) is 43.7. The molecule has 0 bridgehead atoms. The minimum Gasteiger partial charge on any atom is -0.461 e. The molecule has 2 atom stereocenters. The van der Waals surface area contributed by atoms with Crippen LogP contribution >= 0.6 is 0 Å². The number of benzene rings is 2. The van der Waals surface area contributed by atoms with Crippen molar-refractivity contribution in [1.29, 1.82) is 0 Å². The molecule has 3 N–H and O–H groups in total. The Morgan fingerprint density at radius 3 is 1.91 bits per heavy atom. The van der Waals surface area contributed by atoms with Gasteiger partial charge in [0, 0.05) is 18.9 Å². The number of hydrogen-bond donors (Lipinski definition) is 2. The first-order valence-corrected chi connectivity index (χ1v) is 16.4. The number of primary amides is 1. The van der Waals surface area contributed by atoms with E-state index >= 15 is 0 Å². The van der Waals surface area contributed by atoms with Crippen LogP contribution in [0.15, 0.2) is 42.5 Å². The molecule has 0 fully saturated rings. The Hall–Kier alpha value is -3.42. The smallest absolute Gasteiger partial charge is 0.405 e. The molecule has 0 aromatic heterocycles. The lowest BCUT2D eigenvalue weighted by molar-refractivity contribution is -0.149. The number of nitrogens with one attached hydrogen (secondary N) is 1. The molecule has 0 saturated carbocycles. The van der Waals surface area contributed by atoms with E-state index in [1.54, 1.807) is 13.0 Å². The highest BCUT2D eigenvalue weighted by Crippen LogP contribution is 2.24. The molecular weight excluding hydrogens is 571 g/mol. The summed E-state index contributed by atoms with van der Waals surface area (Å²) >= 11 is 0. The molecule has 0 spiro atoms. The highest BCUT2D eigenvalue weighted by Gasteiger charge is 2.17. The lowest BCUT2D eigenvalue weighted by atomic mass is 10.0. The molecule has 2 aromatic carbocycles. The zero-order valence-corrected chi connectivity index (χ0v) is 29.8. The van der Waals surface area contributed by atoms with Crippen LogP contribution in [-0.4, -0.2) is 36.2 Å². The SMILES string of the molecule is CCC(=O)OC(CC)CNC(C)=O.CCC(C)(C)OC(N)=O.CCCC(C)CC.CCc1ccc(-c2ccc(C)cc2F)cc1. The number of amides is 2. The fraction of sp³-hybridized carbons (Fsp3) is 0.595. The second kappa shape index (κ2) is 24.8. The van der Waals surface area contributed by atoms with E-state index in [1.165, 1.54) is 31.7 Å². The molecule has 256 valence electrons. The molecule has 0 aliphatic heterocycles. The zero-order valence-electron chi connectivity index (χ0n) is 29.8. The van der Waals surface area contributed by atoms with Gasteiger partial charge in [0.2, 0.25) is 5.91 Å². The first-order chi connectivity index (χ1) is 21.1. The van der Waals surface area contributed by atoms with Crippen LogP contribution in [0.4, 0.5) is 9.18 Å². The third-order valence-corrected chi connectivity index (χ3v) is 7.13. The maximum atomic E-state index is 13.7. The molecule has 0 radical (unpaired) electrons. The number of halogens is 1. The van der Waals surface area contributed by atoms with Gasteiger partial charge in [-0.1, -0.05) is 104 Å². The van der Waals surface area contributed by atoms with Gasteiger partial charge >= 0.3 is 12.1 Å². The number of hydrogen-bond acceptors (Lipinski definition) is 5. The van der Waals surface area contributed by atoms with E-state index in [-0.39, 0.29) is 23.8 Å². The molecule has 8 heteroatoms. The third-order valence-electron chi connectivity index (χ3n) is 7.13. The molecule has 2 rings (SSSR count). The first-order valence-electron chi connectivity index (χ1n) is 16.4. The number of aryl methyl sites for hydroxylation is 2. The van der Waals surface area contributed by atoms with Crippen LogP contribution in [-0.2, 0) is 25.5 Å². The minimum absolute atomic E-state index is 0.106. The van der Waals surface area contributed by atoms with Crippen molar-refractivity contribution < 1.29 is 28.2 Å². The van der Waals surface area contributed by atoms with Gasteiger partial charge < -0.3 is 20.5 Å². The van der Waals surface area contributed by atoms with Gasteiger partial charge in [0.05, 0.1) is 6.54 Å². The number of rotatable bonds is 12. The summed E-state index contributed by atoms with van der Waals surface area (Å²) in [5.74, 6) is 0.470. The zero-order chi connectivity index (χ0) is 35.0. The van der Waals surface area contributed by atoms with Crippen LogP contribution in [0.3, 0.4) is 0 Å².